The fourth-order valence-corrected chi connectivity index (χ4v) is 6.60. The Morgan fingerprint density at radius 1 is 0.562 bits per heavy atom. The maximum absolute atomic E-state index is 12.9. The summed E-state index contributed by atoms with van der Waals surface area (Å²) in [7, 11) is -4.87. The average Bonchev–Trinajstić information content (AvgIpc) is 2.83. The van der Waals surface area contributed by atoms with E-state index in [0.29, 0.717) is 11.5 Å². The predicted molar refractivity (Wildman–Crippen MR) is 135 cm³/mol. The topological polar surface area (TPSA) is 52.6 Å². The minimum atomic E-state index is -2.43. The first-order valence-electron chi connectivity index (χ1n) is 11.3. The van der Waals surface area contributed by atoms with Crippen molar-refractivity contribution >= 4 is 26.7 Å². The second kappa shape index (κ2) is 11.5. The normalized spacial score (nSPS) is 12.9. The van der Waals surface area contributed by atoms with Crippen molar-refractivity contribution in [3.05, 3.63) is 82.9 Å². The van der Waals surface area contributed by atoms with E-state index in [1.807, 2.05) is 24.3 Å². The molecule has 170 valence electrons. The van der Waals surface area contributed by atoms with E-state index in [0.717, 1.165) is 47.4 Å². The molecule has 0 aromatic heterocycles. The van der Waals surface area contributed by atoms with Crippen molar-refractivity contribution in [2.75, 3.05) is 0 Å². The van der Waals surface area contributed by atoms with Gasteiger partial charge in [0.15, 0.2) is 0 Å². The number of aryl methyl sites for hydroxylation is 2. The molecular formula is C26H32O4P2. The molecule has 4 nitrogen and oxygen atoms in total. The molecule has 0 radical (unpaired) electrons. The van der Waals surface area contributed by atoms with Crippen LogP contribution >= 0.6 is 16.1 Å². The molecule has 0 fully saturated rings. The van der Waals surface area contributed by atoms with Gasteiger partial charge in [-0.15, -0.1) is 0 Å². The van der Waals surface area contributed by atoms with Crippen LogP contribution in [-0.4, -0.2) is 0 Å². The molecule has 3 aromatic rings. The molecule has 0 N–H and O–H groups in total. The van der Waals surface area contributed by atoms with Crippen molar-refractivity contribution < 1.29 is 18.2 Å². The maximum Gasteiger partial charge on any atom is 0.266 e. The lowest BCUT2D eigenvalue weighted by Gasteiger charge is -2.14. The van der Waals surface area contributed by atoms with Crippen molar-refractivity contribution in [2.24, 2.45) is 0 Å². The van der Waals surface area contributed by atoms with Crippen LogP contribution in [0.25, 0.3) is 0 Å². The van der Waals surface area contributed by atoms with Gasteiger partial charge in [0.1, 0.15) is 11.5 Å². The van der Waals surface area contributed by atoms with E-state index in [4.69, 9.17) is 9.05 Å². The average molecular weight is 470 g/mol. The van der Waals surface area contributed by atoms with Crippen molar-refractivity contribution in [1.29, 1.82) is 0 Å². The van der Waals surface area contributed by atoms with Crippen LogP contribution in [0.15, 0.2) is 60.7 Å². The zero-order chi connectivity index (χ0) is 23.1. The summed E-state index contributed by atoms with van der Waals surface area (Å²) in [6.07, 6.45) is 3.44. The first-order chi connectivity index (χ1) is 15.5. The smallest absolute Gasteiger partial charge is 0.266 e. The van der Waals surface area contributed by atoms with Gasteiger partial charge in [-0.1, -0.05) is 52.0 Å². The summed E-state index contributed by atoms with van der Waals surface area (Å²) in [4.78, 5) is 0. The molecule has 0 aliphatic rings. The Kier molecular flexibility index (Phi) is 8.79. The van der Waals surface area contributed by atoms with Crippen molar-refractivity contribution in [2.45, 2.75) is 53.4 Å². The predicted octanol–water partition coefficient (Wildman–Crippen LogP) is 6.29. The summed E-state index contributed by atoms with van der Waals surface area (Å²) in [5.74, 6) is 1.01. The summed E-state index contributed by atoms with van der Waals surface area (Å²) in [6.45, 7) is 8.34. The third-order valence-electron chi connectivity index (χ3n) is 5.70. The quantitative estimate of drug-likeness (QED) is 0.327. The first kappa shape index (κ1) is 24.4. The third kappa shape index (κ3) is 5.55. The Balaban J connectivity index is 1.73. The van der Waals surface area contributed by atoms with Gasteiger partial charge in [0.25, 0.3) is 16.1 Å². The highest BCUT2D eigenvalue weighted by atomic mass is 31.1. The third-order valence-corrected chi connectivity index (χ3v) is 8.36. The molecule has 2 unspecified atom stereocenters. The van der Waals surface area contributed by atoms with Crippen LogP contribution < -0.4 is 19.7 Å². The molecule has 32 heavy (non-hydrogen) atoms. The zero-order valence-corrected chi connectivity index (χ0v) is 21.2. The van der Waals surface area contributed by atoms with Gasteiger partial charge in [0, 0.05) is 10.6 Å². The standard InChI is InChI=1S/C26H32O4P2/c1-5-19-11-9-13-25(23(19)7-3)31(27)29-21-15-17-22(18-16-21)30-32(28)26-14-10-12-20(6-2)24(26)8-4/h9-18,31-32H,5-8H2,1-4H3. The van der Waals surface area contributed by atoms with Crippen LogP contribution in [0, 0.1) is 0 Å². The fourth-order valence-electron chi connectivity index (χ4n) is 4.05. The van der Waals surface area contributed by atoms with E-state index >= 15 is 0 Å². The van der Waals surface area contributed by atoms with Crippen LogP contribution in [0.3, 0.4) is 0 Å². The molecule has 0 aliphatic carbocycles. The van der Waals surface area contributed by atoms with E-state index in [1.54, 1.807) is 24.3 Å². The second-order valence-corrected chi connectivity index (χ2v) is 10.2. The second-order valence-electron chi connectivity index (χ2n) is 7.55. The molecule has 0 bridgehead atoms. The van der Waals surface area contributed by atoms with E-state index in [1.165, 1.54) is 11.1 Å². The highest BCUT2D eigenvalue weighted by Crippen LogP contribution is 2.33. The van der Waals surface area contributed by atoms with E-state index in [-0.39, 0.29) is 0 Å². The van der Waals surface area contributed by atoms with Crippen LogP contribution in [-0.2, 0) is 34.8 Å². The van der Waals surface area contributed by atoms with E-state index in [2.05, 4.69) is 39.8 Å². The summed E-state index contributed by atoms with van der Waals surface area (Å²) < 4.78 is 37.4. The van der Waals surface area contributed by atoms with Crippen LogP contribution in [0.1, 0.15) is 49.9 Å². The molecule has 0 spiro atoms. The van der Waals surface area contributed by atoms with Crippen molar-refractivity contribution in [3.63, 3.8) is 0 Å². The Bertz CT molecular complexity index is 1020. The monoisotopic (exact) mass is 470 g/mol. The van der Waals surface area contributed by atoms with E-state index < -0.39 is 16.1 Å². The Hall–Kier alpha value is -2.28. The molecule has 0 heterocycles. The van der Waals surface area contributed by atoms with Gasteiger partial charge in [0.2, 0.25) is 0 Å². The fraction of sp³-hybridized carbons (Fsp3) is 0.308. The van der Waals surface area contributed by atoms with Crippen molar-refractivity contribution in [1.82, 2.24) is 0 Å². The summed E-state index contributed by atoms with van der Waals surface area (Å²) in [6, 6.07) is 18.7. The van der Waals surface area contributed by atoms with Gasteiger partial charge in [-0.2, -0.15) is 0 Å². The Morgan fingerprint density at radius 3 is 1.25 bits per heavy atom. The highest BCUT2D eigenvalue weighted by Gasteiger charge is 2.15. The summed E-state index contributed by atoms with van der Waals surface area (Å²) in [5, 5.41) is 1.57. The number of hydrogen-bond acceptors (Lipinski definition) is 4. The Labute approximate surface area is 192 Å². The summed E-state index contributed by atoms with van der Waals surface area (Å²) >= 11 is 0. The molecule has 3 aromatic carbocycles. The molecule has 3 rings (SSSR count). The van der Waals surface area contributed by atoms with Crippen LogP contribution in [0.2, 0.25) is 0 Å². The molecule has 6 heteroatoms. The minimum Gasteiger partial charge on any atom is -0.442 e. The highest BCUT2D eigenvalue weighted by molar-refractivity contribution is 7.49. The summed E-state index contributed by atoms with van der Waals surface area (Å²) in [5.41, 5.74) is 4.63. The Morgan fingerprint density at radius 2 is 0.938 bits per heavy atom. The lowest BCUT2D eigenvalue weighted by Crippen LogP contribution is -2.10. The maximum atomic E-state index is 12.9. The van der Waals surface area contributed by atoms with Gasteiger partial charge < -0.3 is 9.05 Å². The van der Waals surface area contributed by atoms with Gasteiger partial charge in [-0.25, -0.2) is 0 Å². The number of benzene rings is 3. The lowest BCUT2D eigenvalue weighted by molar-refractivity contribution is 0.506. The van der Waals surface area contributed by atoms with E-state index in [9.17, 15) is 9.13 Å². The van der Waals surface area contributed by atoms with Gasteiger partial charge >= 0.3 is 0 Å². The molecule has 0 amide bonds. The zero-order valence-electron chi connectivity index (χ0n) is 19.2. The molecule has 0 saturated carbocycles. The first-order valence-corrected chi connectivity index (χ1v) is 13.9. The molecule has 0 saturated heterocycles. The van der Waals surface area contributed by atoms with Crippen LogP contribution in [0.5, 0.6) is 11.5 Å². The lowest BCUT2D eigenvalue weighted by atomic mass is 10.0. The molecule has 2 atom stereocenters. The minimum absolute atomic E-state index is 0.507. The molecular weight excluding hydrogens is 438 g/mol. The van der Waals surface area contributed by atoms with Crippen molar-refractivity contribution in [3.8, 4) is 11.5 Å². The number of rotatable bonds is 10. The number of hydrogen-bond donors (Lipinski definition) is 0. The van der Waals surface area contributed by atoms with Gasteiger partial charge in [-0.3, -0.25) is 9.13 Å². The van der Waals surface area contributed by atoms with Gasteiger partial charge in [-0.05, 0) is 84.3 Å². The van der Waals surface area contributed by atoms with Crippen LogP contribution in [0.4, 0.5) is 0 Å². The largest absolute Gasteiger partial charge is 0.442 e. The van der Waals surface area contributed by atoms with Gasteiger partial charge in [0.05, 0.1) is 0 Å². The molecule has 0 aliphatic heterocycles. The SMILES string of the molecule is CCc1cccc([PH](=O)Oc2ccc(O[PH](=O)c3cccc(CC)c3CC)cc2)c1CC.